The van der Waals surface area contributed by atoms with Crippen molar-refractivity contribution in [2.75, 3.05) is 20.2 Å². The first-order chi connectivity index (χ1) is 12.3. The lowest BCUT2D eigenvalue weighted by atomic mass is 9.97. The molecule has 1 aromatic rings. The SMILES string of the molecule is COc1cc(C(C)NC(=O)N2CCC(C(=O)O)CC2)ccc1OC(C)C. The number of hydrogen-bond donors (Lipinski definition) is 2. The molecule has 1 atom stereocenters. The highest BCUT2D eigenvalue weighted by Gasteiger charge is 2.27. The van der Waals surface area contributed by atoms with E-state index in [-0.39, 0.29) is 24.1 Å². The summed E-state index contributed by atoms with van der Waals surface area (Å²) < 4.78 is 11.1. The van der Waals surface area contributed by atoms with E-state index in [1.807, 2.05) is 39.0 Å². The topological polar surface area (TPSA) is 88.1 Å². The van der Waals surface area contributed by atoms with Crippen molar-refractivity contribution in [2.24, 2.45) is 5.92 Å². The van der Waals surface area contributed by atoms with E-state index >= 15 is 0 Å². The highest BCUT2D eigenvalue weighted by Crippen LogP contribution is 2.31. The van der Waals surface area contributed by atoms with Crippen LogP contribution >= 0.6 is 0 Å². The van der Waals surface area contributed by atoms with Gasteiger partial charge >= 0.3 is 12.0 Å². The molecular weight excluding hydrogens is 336 g/mol. The van der Waals surface area contributed by atoms with Gasteiger partial charge in [0.2, 0.25) is 0 Å². The third-order valence-electron chi connectivity index (χ3n) is 4.52. The first kappa shape index (κ1) is 19.9. The number of ether oxygens (including phenoxy) is 2. The van der Waals surface area contributed by atoms with Crippen molar-refractivity contribution in [2.45, 2.75) is 45.8 Å². The van der Waals surface area contributed by atoms with Crippen LogP contribution in [0.2, 0.25) is 0 Å². The number of nitrogens with one attached hydrogen (secondary N) is 1. The first-order valence-electron chi connectivity index (χ1n) is 8.94. The normalized spacial score (nSPS) is 16.3. The molecule has 7 heteroatoms. The van der Waals surface area contributed by atoms with Crippen LogP contribution in [-0.4, -0.2) is 48.3 Å². The van der Waals surface area contributed by atoms with Crippen LogP contribution < -0.4 is 14.8 Å². The van der Waals surface area contributed by atoms with Gasteiger partial charge in [0.15, 0.2) is 11.5 Å². The number of carboxylic acids is 1. The van der Waals surface area contributed by atoms with Gasteiger partial charge in [-0.1, -0.05) is 6.07 Å². The molecule has 1 aromatic carbocycles. The molecule has 144 valence electrons. The summed E-state index contributed by atoms with van der Waals surface area (Å²) in [6.45, 7) is 6.72. The van der Waals surface area contributed by atoms with E-state index < -0.39 is 5.97 Å². The van der Waals surface area contributed by atoms with Crippen molar-refractivity contribution in [3.63, 3.8) is 0 Å². The Morgan fingerprint density at radius 1 is 1.19 bits per heavy atom. The standard InChI is InChI=1S/C19H28N2O5/c1-12(2)26-16-6-5-15(11-17(16)25-4)13(3)20-19(24)21-9-7-14(8-10-21)18(22)23/h5-6,11-14H,7-10H2,1-4H3,(H,20,24)(H,22,23). The van der Waals surface area contributed by atoms with E-state index in [1.165, 1.54) is 0 Å². The average molecular weight is 364 g/mol. The molecule has 1 heterocycles. The Morgan fingerprint density at radius 3 is 2.38 bits per heavy atom. The molecule has 1 fully saturated rings. The summed E-state index contributed by atoms with van der Waals surface area (Å²) in [4.78, 5) is 25.1. The van der Waals surface area contributed by atoms with Gasteiger partial charge in [0.1, 0.15) is 0 Å². The molecule has 1 aliphatic heterocycles. The first-order valence-corrected chi connectivity index (χ1v) is 8.94. The van der Waals surface area contributed by atoms with Gasteiger partial charge in [0, 0.05) is 13.1 Å². The Kier molecular flexibility index (Phi) is 6.71. The number of urea groups is 1. The Labute approximate surface area is 154 Å². The van der Waals surface area contributed by atoms with Crippen LogP contribution in [-0.2, 0) is 4.79 Å². The number of piperidine rings is 1. The second-order valence-corrected chi connectivity index (χ2v) is 6.85. The predicted molar refractivity (Wildman–Crippen MR) is 97.6 cm³/mol. The van der Waals surface area contributed by atoms with Crippen LogP contribution in [0.3, 0.4) is 0 Å². The average Bonchev–Trinajstić information content (AvgIpc) is 2.61. The highest BCUT2D eigenvalue weighted by atomic mass is 16.5. The van der Waals surface area contributed by atoms with Gasteiger partial charge in [-0.25, -0.2) is 4.79 Å². The number of amides is 2. The van der Waals surface area contributed by atoms with E-state index in [4.69, 9.17) is 14.6 Å². The molecule has 1 aliphatic rings. The van der Waals surface area contributed by atoms with Crippen LogP contribution in [0.1, 0.15) is 45.2 Å². The predicted octanol–water partition coefficient (Wildman–Crippen LogP) is 3.05. The van der Waals surface area contributed by atoms with Crippen molar-refractivity contribution >= 4 is 12.0 Å². The number of hydrogen-bond acceptors (Lipinski definition) is 4. The minimum atomic E-state index is -0.783. The molecule has 1 unspecified atom stereocenters. The second-order valence-electron chi connectivity index (χ2n) is 6.85. The van der Waals surface area contributed by atoms with Gasteiger partial charge in [-0.05, 0) is 51.3 Å². The number of likely N-dealkylation sites (tertiary alicyclic amines) is 1. The maximum atomic E-state index is 12.4. The van der Waals surface area contributed by atoms with E-state index in [2.05, 4.69) is 5.32 Å². The maximum Gasteiger partial charge on any atom is 0.317 e. The zero-order chi connectivity index (χ0) is 19.3. The number of rotatable bonds is 6. The third kappa shape index (κ3) is 5.03. The molecule has 0 saturated carbocycles. The number of nitrogens with zero attached hydrogens (tertiary/aromatic N) is 1. The van der Waals surface area contributed by atoms with E-state index in [9.17, 15) is 9.59 Å². The van der Waals surface area contributed by atoms with Crippen molar-refractivity contribution in [1.82, 2.24) is 10.2 Å². The molecule has 0 bridgehead atoms. The van der Waals surface area contributed by atoms with E-state index in [1.54, 1.807) is 12.0 Å². The summed E-state index contributed by atoms with van der Waals surface area (Å²) in [7, 11) is 1.59. The second kappa shape index (κ2) is 8.78. The molecular formula is C19H28N2O5. The molecule has 0 radical (unpaired) electrons. The number of carboxylic acid groups (broad SMARTS) is 1. The molecule has 0 aromatic heterocycles. The molecule has 0 aliphatic carbocycles. The molecule has 0 spiro atoms. The smallest absolute Gasteiger partial charge is 0.317 e. The van der Waals surface area contributed by atoms with Crippen LogP contribution in [0.25, 0.3) is 0 Å². The molecule has 1 saturated heterocycles. The Morgan fingerprint density at radius 2 is 1.85 bits per heavy atom. The van der Waals surface area contributed by atoms with Gasteiger partial charge < -0.3 is 24.8 Å². The van der Waals surface area contributed by atoms with Crippen molar-refractivity contribution in [1.29, 1.82) is 0 Å². The Bertz CT molecular complexity index is 639. The lowest BCUT2D eigenvalue weighted by Gasteiger charge is -2.31. The number of methoxy groups -OCH3 is 1. The van der Waals surface area contributed by atoms with Gasteiger partial charge in [-0.2, -0.15) is 0 Å². The van der Waals surface area contributed by atoms with Gasteiger partial charge in [0.05, 0.1) is 25.2 Å². The van der Waals surface area contributed by atoms with Gasteiger partial charge in [0.25, 0.3) is 0 Å². The number of benzene rings is 1. The maximum absolute atomic E-state index is 12.4. The van der Waals surface area contributed by atoms with E-state index in [0.29, 0.717) is 37.4 Å². The minimum Gasteiger partial charge on any atom is -0.493 e. The summed E-state index contributed by atoms with van der Waals surface area (Å²) in [5, 5.41) is 12.0. The Hall–Kier alpha value is -2.44. The largest absolute Gasteiger partial charge is 0.493 e. The van der Waals surface area contributed by atoms with Gasteiger partial charge in [-0.15, -0.1) is 0 Å². The van der Waals surface area contributed by atoms with E-state index in [0.717, 1.165) is 5.56 Å². The summed E-state index contributed by atoms with van der Waals surface area (Å²) >= 11 is 0. The molecule has 7 nitrogen and oxygen atoms in total. The Balaban J connectivity index is 1.97. The van der Waals surface area contributed by atoms with Crippen LogP contribution in [0.4, 0.5) is 4.79 Å². The molecule has 2 N–H and O–H groups in total. The summed E-state index contributed by atoms with van der Waals surface area (Å²) in [5.41, 5.74) is 0.909. The fourth-order valence-corrected chi connectivity index (χ4v) is 2.99. The number of carbonyl (C=O) groups excluding carboxylic acids is 1. The summed E-state index contributed by atoms with van der Waals surface area (Å²) in [6, 6.07) is 5.22. The highest BCUT2D eigenvalue weighted by molar-refractivity contribution is 5.76. The van der Waals surface area contributed by atoms with Crippen LogP contribution in [0.5, 0.6) is 11.5 Å². The van der Waals surface area contributed by atoms with Crippen LogP contribution in [0, 0.1) is 5.92 Å². The number of carbonyl (C=O) groups is 2. The van der Waals surface area contributed by atoms with Crippen molar-refractivity contribution in [3.8, 4) is 11.5 Å². The molecule has 2 amide bonds. The summed E-state index contributed by atoms with van der Waals surface area (Å²) in [5.74, 6) is 0.156. The van der Waals surface area contributed by atoms with Crippen LogP contribution in [0.15, 0.2) is 18.2 Å². The molecule has 26 heavy (non-hydrogen) atoms. The zero-order valence-electron chi connectivity index (χ0n) is 15.8. The quantitative estimate of drug-likeness (QED) is 0.810. The lowest BCUT2D eigenvalue weighted by molar-refractivity contribution is -0.143. The summed E-state index contributed by atoms with van der Waals surface area (Å²) in [6.07, 6.45) is 1.03. The molecule has 2 rings (SSSR count). The van der Waals surface area contributed by atoms with Crippen molar-refractivity contribution in [3.05, 3.63) is 23.8 Å². The number of aliphatic carboxylic acids is 1. The fourth-order valence-electron chi connectivity index (χ4n) is 2.99. The van der Waals surface area contributed by atoms with Crippen molar-refractivity contribution < 1.29 is 24.2 Å². The third-order valence-corrected chi connectivity index (χ3v) is 4.52. The van der Waals surface area contributed by atoms with Gasteiger partial charge in [-0.3, -0.25) is 4.79 Å². The minimum absolute atomic E-state index is 0.0422. The fraction of sp³-hybridized carbons (Fsp3) is 0.579. The lowest BCUT2D eigenvalue weighted by Crippen LogP contribution is -2.46. The zero-order valence-corrected chi connectivity index (χ0v) is 15.8. The monoisotopic (exact) mass is 364 g/mol.